The molecule has 2 heterocycles. The molecule has 0 aliphatic carbocycles. The molecule has 0 spiro atoms. The molecule has 1 saturated heterocycles. The van der Waals surface area contributed by atoms with Gasteiger partial charge in [-0.1, -0.05) is 41.4 Å². The van der Waals surface area contributed by atoms with Gasteiger partial charge in [0.05, 0.1) is 23.6 Å². The molecule has 0 unspecified atom stereocenters. The van der Waals surface area contributed by atoms with Gasteiger partial charge in [-0.2, -0.15) is 0 Å². The van der Waals surface area contributed by atoms with Crippen LogP contribution in [0.3, 0.4) is 0 Å². The fourth-order valence-corrected chi connectivity index (χ4v) is 4.51. The minimum Gasteiger partial charge on any atom is -0.462 e. The number of carbonyl (C=O) groups is 3. The van der Waals surface area contributed by atoms with Gasteiger partial charge in [0.2, 0.25) is 0 Å². The summed E-state index contributed by atoms with van der Waals surface area (Å²) in [6.45, 7) is 2.03. The summed E-state index contributed by atoms with van der Waals surface area (Å²) in [4.78, 5) is 38.4. The molecule has 1 aliphatic rings. The van der Waals surface area contributed by atoms with Crippen LogP contribution >= 0.6 is 35.0 Å². The molecular weight excluding hydrogens is 485 g/mol. The van der Waals surface area contributed by atoms with Crippen LogP contribution in [0, 0.1) is 0 Å². The highest BCUT2D eigenvalue weighted by atomic mass is 35.5. The Balaban J connectivity index is 1.51. The van der Waals surface area contributed by atoms with Gasteiger partial charge < -0.3 is 9.15 Å². The van der Waals surface area contributed by atoms with Crippen LogP contribution in [0.4, 0.5) is 4.79 Å². The van der Waals surface area contributed by atoms with Crippen LogP contribution in [-0.4, -0.2) is 28.6 Å². The summed E-state index contributed by atoms with van der Waals surface area (Å²) < 4.78 is 10.8. The summed E-state index contributed by atoms with van der Waals surface area (Å²) in [7, 11) is 0. The molecule has 0 radical (unpaired) electrons. The predicted octanol–water partition coefficient (Wildman–Crippen LogP) is 6.67. The highest BCUT2D eigenvalue weighted by Gasteiger charge is 2.36. The van der Waals surface area contributed by atoms with Gasteiger partial charge in [0, 0.05) is 27.2 Å². The first kappa shape index (κ1) is 23.2. The zero-order valence-electron chi connectivity index (χ0n) is 17.3. The first-order valence-corrected chi connectivity index (χ1v) is 11.5. The van der Waals surface area contributed by atoms with E-state index in [0.29, 0.717) is 39.3 Å². The van der Waals surface area contributed by atoms with Crippen LogP contribution in [0.5, 0.6) is 0 Å². The Morgan fingerprint density at radius 1 is 1.06 bits per heavy atom. The van der Waals surface area contributed by atoms with Crippen molar-refractivity contribution in [1.29, 1.82) is 0 Å². The summed E-state index contributed by atoms with van der Waals surface area (Å²) in [5.41, 5.74) is 1.71. The molecule has 33 heavy (non-hydrogen) atoms. The number of hydrogen-bond donors (Lipinski definition) is 0. The molecule has 168 valence electrons. The van der Waals surface area contributed by atoms with Crippen LogP contribution < -0.4 is 0 Å². The number of amides is 2. The molecule has 0 saturated carbocycles. The van der Waals surface area contributed by atoms with Crippen molar-refractivity contribution in [2.45, 2.75) is 13.5 Å². The van der Waals surface area contributed by atoms with E-state index in [-0.39, 0.29) is 11.4 Å². The van der Waals surface area contributed by atoms with Gasteiger partial charge in [-0.15, -0.1) is 0 Å². The third kappa shape index (κ3) is 5.00. The standard InChI is InChI=1S/C24H17Cl2NO5S/c1-2-31-23(29)15-8-6-14(7-9-15)20-11-10-16(32-20)12-21-22(28)27(24(30)33-21)13-17-18(25)4-3-5-19(17)26/h3-12H,2,13H2,1H3/b21-12+. The third-order valence-corrected chi connectivity index (χ3v) is 6.45. The van der Waals surface area contributed by atoms with Crippen molar-refractivity contribution in [3.05, 3.63) is 86.4 Å². The van der Waals surface area contributed by atoms with Gasteiger partial charge in [-0.05, 0) is 55.1 Å². The number of carbonyl (C=O) groups excluding carboxylic acids is 3. The minimum atomic E-state index is -0.447. The first-order valence-electron chi connectivity index (χ1n) is 9.93. The van der Waals surface area contributed by atoms with E-state index < -0.39 is 17.1 Å². The molecule has 1 fully saturated rings. The van der Waals surface area contributed by atoms with Gasteiger partial charge in [-0.3, -0.25) is 14.5 Å². The lowest BCUT2D eigenvalue weighted by molar-refractivity contribution is -0.123. The lowest BCUT2D eigenvalue weighted by atomic mass is 10.1. The monoisotopic (exact) mass is 501 g/mol. The molecule has 9 heteroatoms. The lowest BCUT2D eigenvalue weighted by Crippen LogP contribution is -2.27. The maximum atomic E-state index is 12.8. The smallest absolute Gasteiger partial charge is 0.338 e. The molecule has 3 aromatic rings. The second kappa shape index (κ2) is 9.87. The van der Waals surface area contributed by atoms with Crippen molar-refractivity contribution in [3.63, 3.8) is 0 Å². The largest absolute Gasteiger partial charge is 0.462 e. The van der Waals surface area contributed by atoms with E-state index >= 15 is 0 Å². The number of nitrogens with zero attached hydrogens (tertiary/aromatic N) is 1. The Morgan fingerprint density at radius 2 is 1.76 bits per heavy atom. The minimum absolute atomic E-state index is 0.0171. The highest BCUT2D eigenvalue weighted by Crippen LogP contribution is 2.36. The van der Waals surface area contributed by atoms with Crippen LogP contribution in [0.1, 0.15) is 28.6 Å². The average molecular weight is 502 g/mol. The number of halogens is 2. The maximum Gasteiger partial charge on any atom is 0.338 e. The lowest BCUT2D eigenvalue weighted by Gasteiger charge is -2.14. The van der Waals surface area contributed by atoms with Crippen molar-refractivity contribution in [2.24, 2.45) is 0 Å². The molecule has 0 bridgehead atoms. The summed E-state index contributed by atoms with van der Waals surface area (Å²) >= 11 is 13.2. The van der Waals surface area contributed by atoms with E-state index in [4.69, 9.17) is 32.4 Å². The van der Waals surface area contributed by atoms with Crippen LogP contribution in [-0.2, 0) is 16.1 Å². The Labute approximate surface area is 204 Å². The predicted molar refractivity (Wildman–Crippen MR) is 128 cm³/mol. The Kier molecular flexibility index (Phi) is 6.93. The number of furan rings is 1. The second-order valence-corrected chi connectivity index (χ2v) is 8.78. The number of imide groups is 1. The first-order chi connectivity index (χ1) is 15.9. The molecule has 6 nitrogen and oxygen atoms in total. The molecule has 4 rings (SSSR count). The number of rotatable bonds is 6. The van der Waals surface area contributed by atoms with Crippen molar-refractivity contribution in [3.8, 4) is 11.3 Å². The molecule has 1 aromatic heterocycles. The zero-order valence-corrected chi connectivity index (χ0v) is 19.7. The van der Waals surface area contributed by atoms with Crippen LogP contribution in [0.2, 0.25) is 10.0 Å². The summed E-state index contributed by atoms with van der Waals surface area (Å²) in [6, 6.07) is 15.3. The van der Waals surface area contributed by atoms with E-state index in [1.165, 1.54) is 6.08 Å². The van der Waals surface area contributed by atoms with E-state index in [2.05, 4.69) is 0 Å². The zero-order chi connectivity index (χ0) is 23.5. The van der Waals surface area contributed by atoms with E-state index in [1.807, 2.05) is 0 Å². The van der Waals surface area contributed by atoms with Crippen molar-refractivity contribution >= 4 is 58.2 Å². The van der Waals surface area contributed by atoms with Crippen molar-refractivity contribution < 1.29 is 23.5 Å². The van der Waals surface area contributed by atoms with Gasteiger partial charge in [0.1, 0.15) is 11.5 Å². The number of ether oxygens (including phenoxy) is 1. The van der Waals surface area contributed by atoms with E-state index in [1.54, 1.807) is 61.5 Å². The van der Waals surface area contributed by atoms with Gasteiger partial charge in [0.15, 0.2) is 0 Å². The Morgan fingerprint density at radius 3 is 2.42 bits per heavy atom. The van der Waals surface area contributed by atoms with E-state index in [0.717, 1.165) is 22.2 Å². The molecule has 2 aromatic carbocycles. The fraction of sp³-hybridized carbons (Fsp3) is 0.125. The van der Waals surface area contributed by atoms with E-state index in [9.17, 15) is 14.4 Å². The number of benzene rings is 2. The molecule has 2 amide bonds. The molecule has 0 N–H and O–H groups in total. The average Bonchev–Trinajstić information content (AvgIpc) is 3.36. The Bertz CT molecular complexity index is 1250. The van der Waals surface area contributed by atoms with Crippen LogP contribution in [0.25, 0.3) is 17.4 Å². The molecule has 0 atom stereocenters. The molecular formula is C24H17Cl2NO5S. The second-order valence-electron chi connectivity index (χ2n) is 6.97. The number of esters is 1. The van der Waals surface area contributed by atoms with Gasteiger partial charge in [0.25, 0.3) is 11.1 Å². The van der Waals surface area contributed by atoms with Crippen molar-refractivity contribution in [2.75, 3.05) is 6.61 Å². The highest BCUT2D eigenvalue weighted by molar-refractivity contribution is 8.18. The molecule has 1 aliphatic heterocycles. The topological polar surface area (TPSA) is 76.8 Å². The Hall–Kier alpha value is -3.00. The van der Waals surface area contributed by atoms with Gasteiger partial charge >= 0.3 is 5.97 Å². The number of thioether (sulfide) groups is 1. The quantitative estimate of drug-likeness (QED) is 0.277. The summed E-state index contributed by atoms with van der Waals surface area (Å²) in [6.07, 6.45) is 1.52. The number of hydrogen-bond acceptors (Lipinski definition) is 6. The fourth-order valence-electron chi connectivity index (χ4n) is 3.18. The summed E-state index contributed by atoms with van der Waals surface area (Å²) in [5, 5.41) is 0.355. The third-order valence-electron chi connectivity index (χ3n) is 4.83. The summed E-state index contributed by atoms with van der Waals surface area (Å²) in [5.74, 6) is 0.134. The SMILES string of the molecule is CCOC(=O)c1ccc(-c2ccc(/C=C3/SC(=O)N(Cc4c(Cl)cccc4Cl)C3=O)o2)cc1. The normalized spacial score (nSPS) is 14.9. The van der Waals surface area contributed by atoms with Crippen molar-refractivity contribution in [1.82, 2.24) is 4.90 Å². The maximum absolute atomic E-state index is 12.8. The van der Waals surface area contributed by atoms with Gasteiger partial charge in [-0.25, -0.2) is 4.79 Å². The van der Waals surface area contributed by atoms with Crippen LogP contribution in [0.15, 0.2) is 63.9 Å².